The minimum atomic E-state index is -0.494. The van der Waals surface area contributed by atoms with E-state index in [9.17, 15) is 14.0 Å². The number of carbonyl (C=O) groups excluding carboxylic acids is 2. The molecule has 0 aliphatic rings. The fourth-order valence-corrected chi connectivity index (χ4v) is 2.57. The Hall–Kier alpha value is -3.51. The predicted molar refractivity (Wildman–Crippen MR) is 107 cm³/mol. The van der Waals surface area contributed by atoms with E-state index in [1.54, 1.807) is 54.6 Å². The molecule has 2 amide bonds. The number of halogens is 2. The van der Waals surface area contributed by atoms with Crippen molar-refractivity contribution in [3.05, 3.63) is 100 Å². The summed E-state index contributed by atoms with van der Waals surface area (Å²) in [6.07, 6.45) is 1.22. The molecular weight excluding hydrogens is 381 g/mol. The Morgan fingerprint density at radius 2 is 1.61 bits per heavy atom. The van der Waals surface area contributed by atoms with Crippen LogP contribution in [0.25, 0.3) is 0 Å². The van der Waals surface area contributed by atoms with Crippen molar-refractivity contribution >= 4 is 35.3 Å². The fourth-order valence-electron chi connectivity index (χ4n) is 2.38. The van der Waals surface area contributed by atoms with Crippen LogP contribution in [0.1, 0.15) is 26.3 Å². The van der Waals surface area contributed by atoms with Gasteiger partial charge in [-0.2, -0.15) is 5.10 Å². The van der Waals surface area contributed by atoms with Gasteiger partial charge < -0.3 is 5.32 Å². The highest BCUT2D eigenvalue weighted by Gasteiger charge is 2.09. The first kappa shape index (κ1) is 19.3. The minimum absolute atomic E-state index is 0.255. The molecule has 140 valence electrons. The number of hydrogen-bond acceptors (Lipinski definition) is 3. The van der Waals surface area contributed by atoms with Crippen LogP contribution in [0.15, 0.2) is 77.9 Å². The standard InChI is InChI=1S/C21H15ClFN3O2/c22-17-8-3-6-14(11-17)20(27)25-18-9-4-7-15(12-18)21(28)26-24-13-16-5-1-2-10-19(16)23/h1-13H,(H,25,27)(H,26,28)/b24-13+. The monoisotopic (exact) mass is 395 g/mol. The molecule has 0 saturated heterocycles. The molecule has 0 spiro atoms. The number of rotatable bonds is 5. The van der Waals surface area contributed by atoms with Crippen LogP contribution in [-0.2, 0) is 0 Å². The van der Waals surface area contributed by atoms with Gasteiger partial charge in [0, 0.05) is 27.4 Å². The van der Waals surface area contributed by atoms with E-state index in [1.165, 1.54) is 24.4 Å². The highest BCUT2D eigenvalue weighted by Crippen LogP contribution is 2.15. The lowest BCUT2D eigenvalue weighted by molar-refractivity contribution is 0.0953. The maximum atomic E-state index is 13.5. The van der Waals surface area contributed by atoms with Gasteiger partial charge in [-0.15, -0.1) is 0 Å². The lowest BCUT2D eigenvalue weighted by Crippen LogP contribution is -2.18. The average molecular weight is 396 g/mol. The smallest absolute Gasteiger partial charge is 0.271 e. The highest BCUT2D eigenvalue weighted by molar-refractivity contribution is 6.31. The van der Waals surface area contributed by atoms with Crippen molar-refractivity contribution in [1.82, 2.24) is 5.43 Å². The van der Waals surface area contributed by atoms with Crippen molar-refractivity contribution in [2.24, 2.45) is 5.10 Å². The van der Waals surface area contributed by atoms with Gasteiger partial charge in [-0.3, -0.25) is 9.59 Å². The average Bonchev–Trinajstić information content (AvgIpc) is 2.69. The summed E-state index contributed by atoms with van der Waals surface area (Å²) in [4.78, 5) is 24.5. The maximum absolute atomic E-state index is 13.5. The van der Waals surface area contributed by atoms with Crippen LogP contribution in [0.4, 0.5) is 10.1 Å². The zero-order valence-electron chi connectivity index (χ0n) is 14.5. The third kappa shape index (κ3) is 5.02. The molecule has 3 aromatic carbocycles. The van der Waals surface area contributed by atoms with E-state index in [1.807, 2.05) is 0 Å². The van der Waals surface area contributed by atoms with Gasteiger partial charge >= 0.3 is 0 Å². The van der Waals surface area contributed by atoms with Crippen molar-refractivity contribution in [2.45, 2.75) is 0 Å². The number of carbonyl (C=O) groups is 2. The van der Waals surface area contributed by atoms with E-state index in [2.05, 4.69) is 15.8 Å². The summed E-state index contributed by atoms with van der Waals surface area (Å²) in [6, 6.07) is 19.0. The summed E-state index contributed by atoms with van der Waals surface area (Å²) in [5, 5.41) is 6.92. The van der Waals surface area contributed by atoms with Crippen molar-refractivity contribution in [2.75, 3.05) is 5.32 Å². The maximum Gasteiger partial charge on any atom is 0.271 e. The molecular formula is C21H15ClFN3O2. The van der Waals surface area contributed by atoms with E-state index in [-0.39, 0.29) is 17.0 Å². The van der Waals surface area contributed by atoms with Crippen molar-refractivity contribution < 1.29 is 14.0 Å². The summed E-state index contributed by atoms with van der Waals surface area (Å²) >= 11 is 5.89. The van der Waals surface area contributed by atoms with E-state index < -0.39 is 11.7 Å². The number of amides is 2. The zero-order valence-corrected chi connectivity index (χ0v) is 15.3. The van der Waals surface area contributed by atoms with Crippen molar-refractivity contribution in [3.8, 4) is 0 Å². The summed E-state index contributed by atoms with van der Waals surface area (Å²) in [5.41, 5.74) is 3.71. The van der Waals surface area contributed by atoms with Crippen molar-refractivity contribution in [1.29, 1.82) is 0 Å². The second-order valence-corrected chi connectivity index (χ2v) is 6.20. The van der Waals surface area contributed by atoms with Crippen LogP contribution in [0, 0.1) is 5.82 Å². The third-order valence-electron chi connectivity index (χ3n) is 3.74. The van der Waals surface area contributed by atoms with E-state index in [0.29, 0.717) is 16.3 Å². The summed E-state index contributed by atoms with van der Waals surface area (Å²) in [5.74, 6) is -1.28. The number of hydrazone groups is 1. The third-order valence-corrected chi connectivity index (χ3v) is 3.98. The number of benzene rings is 3. The van der Waals surface area contributed by atoms with Crippen LogP contribution < -0.4 is 10.7 Å². The molecule has 28 heavy (non-hydrogen) atoms. The molecule has 0 atom stereocenters. The molecule has 2 N–H and O–H groups in total. The molecule has 0 radical (unpaired) electrons. The quantitative estimate of drug-likeness (QED) is 0.493. The summed E-state index contributed by atoms with van der Waals surface area (Å²) < 4.78 is 13.5. The first-order valence-electron chi connectivity index (χ1n) is 8.28. The number of nitrogens with one attached hydrogen (secondary N) is 2. The Morgan fingerprint density at radius 1 is 0.893 bits per heavy atom. The van der Waals surface area contributed by atoms with E-state index >= 15 is 0 Å². The molecule has 7 heteroatoms. The van der Waals surface area contributed by atoms with Gasteiger partial charge in [0.25, 0.3) is 11.8 Å². The first-order chi connectivity index (χ1) is 13.5. The largest absolute Gasteiger partial charge is 0.322 e. The van der Waals surface area contributed by atoms with Gasteiger partial charge in [0.2, 0.25) is 0 Å². The molecule has 0 aliphatic carbocycles. The van der Waals surface area contributed by atoms with Crippen molar-refractivity contribution in [3.63, 3.8) is 0 Å². The Kier molecular flexibility index (Phi) is 6.14. The Labute approximate surface area is 165 Å². The van der Waals surface area contributed by atoms with Crippen LogP contribution in [0.2, 0.25) is 5.02 Å². The number of anilines is 1. The number of nitrogens with zero attached hydrogens (tertiary/aromatic N) is 1. The Morgan fingerprint density at radius 3 is 2.36 bits per heavy atom. The SMILES string of the molecule is O=C(N/N=C/c1ccccc1F)c1cccc(NC(=O)c2cccc(Cl)c2)c1. The highest BCUT2D eigenvalue weighted by atomic mass is 35.5. The fraction of sp³-hybridized carbons (Fsp3) is 0. The van der Waals surface area contributed by atoms with Crippen LogP contribution in [-0.4, -0.2) is 18.0 Å². The number of hydrogen-bond donors (Lipinski definition) is 2. The normalized spacial score (nSPS) is 10.6. The molecule has 5 nitrogen and oxygen atoms in total. The second kappa shape index (κ2) is 8.92. The lowest BCUT2D eigenvalue weighted by Gasteiger charge is -2.07. The topological polar surface area (TPSA) is 70.6 Å². The van der Waals surface area contributed by atoms with Gasteiger partial charge in [0.15, 0.2) is 0 Å². The van der Waals surface area contributed by atoms with Gasteiger partial charge in [0.1, 0.15) is 5.82 Å². The molecule has 0 heterocycles. The molecule has 0 fully saturated rings. The van der Waals surface area contributed by atoms with Gasteiger partial charge in [-0.1, -0.05) is 41.9 Å². The minimum Gasteiger partial charge on any atom is -0.322 e. The van der Waals surface area contributed by atoms with Gasteiger partial charge in [0.05, 0.1) is 6.21 Å². The Bertz CT molecular complexity index is 1050. The van der Waals surface area contributed by atoms with E-state index in [0.717, 1.165) is 0 Å². The first-order valence-corrected chi connectivity index (χ1v) is 8.65. The molecule has 0 saturated carbocycles. The van der Waals surface area contributed by atoms with Crippen LogP contribution in [0.3, 0.4) is 0 Å². The molecule has 3 aromatic rings. The van der Waals surface area contributed by atoms with Crippen LogP contribution >= 0.6 is 11.6 Å². The lowest BCUT2D eigenvalue weighted by atomic mass is 10.1. The molecule has 0 aromatic heterocycles. The van der Waals surface area contributed by atoms with Crippen LogP contribution in [0.5, 0.6) is 0 Å². The van der Waals surface area contributed by atoms with Gasteiger partial charge in [-0.25, -0.2) is 9.82 Å². The molecule has 0 bridgehead atoms. The molecule has 3 rings (SSSR count). The molecule has 0 aliphatic heterocycles. The van der Waals surface area contributed by atoms with Gasteiger partial charge in [-0.05, 0) is 42.5 Å². The Balaban J connectivity index is 1.66. The predicted octanol–water partition coefficient (Wildman–Crippen LogP) is 4.50. The zero-order chi connectivity index (χ0) is 19.9. The van der Waals surface area contributed by atoms with E-state index in [4.69, 9.17) is 11.6 Å². The molecule has 0 unspecified atom stereocenters. The second-order valence-electron chi connectivity index (χ2n) is 5.77. The summed E-state index contributed by atoms with van der Waals surface area (Å²) in [6.45, 7) is 0. The summed E-state index contributed by atoms with van der Waals surface area (Å²) in [7, 11) is 0.